The fourth-order valence-electron chi connectivity index (χ4n) is 4.61. The van der Waals surface area contributed by atoms with Crippen LogP contribution in [-0.2, 0) is 6.54 Å². The van der Waals surface area contributed by atoms with Crippen LogP contribution >= 0.6 is 0 Å². The van der Waals surface area contributed by atoms with Crippen molar-refractivity contribution in [2.24, 2.45) is 5.92 Å². The van der Waals surface area contributed by atoms with Crippen LogP contribution in [0, 0.1) is 5.92 Å². The summed E-state index contributed by atoms with van der Waals surface area (Å²) in [6, 6.07) is 15.5. The molecule has 0 atom stereocenters. The van der Waals surface area contributed by atoms with Crippen LogP contribution in [0.2, 0.25) is 0 Å². The molecule has 3 aromatic rings. The summed E-state index contributed by atoms with van der Waals surface area (Å²) in [6.45, 7) is 7.29. The lowest BCUT2D eigenvalue weighted by atomic mass is 10.0. The number of hydrogen-bond donors (Lipinski definition) is 2. The largest absolute Gasteiger partial charge is 0.497 e. The van der Waals surface area contributed by atoms with Gasteiger partial charge >= 0.3 is 0 Å². The number of amides is 2. The van der Waals surface area contributed by atoms with Crippen LogP contribution in [0.5, 0.6) is 11.5 Å². The maximum atomic E-state index is 13.3. The van der Waals surface area contributed by atoms with Crippen LogP contribution in [-0.4, -0.2) is 61.6 Å². The van der Waals surface area contributed by atoms with Gasteiger partial charge in [0.05, 0.1) is 30.7 Å². The maximum absolute atomic E-state index is 13.3. The van der Waals surface area contributed by atoms with Crippen LogP contribution in [0.1, 0.15) is 53.1 Å². The molecule has 1 aliphatic rings. The van der Waals surface area contributed by atoms with Crippen molar-refractivity contribution >= 4 is 22.7 Å². The van der Waals surface area contributed by atoms with Gasteiger partial charge in [0.2, 0.25) is 0 Å². The molecular formula is C29H36N4O4. The van der Waals surface area contributed by atoms with E-state index in [9.17, 15) is 9.59 Å². The highest BCUT2D eigenvalue weighted by molar-refractivity contribution is 6.10. The second-order valence-electron chi connectivity index (χ2n) is 9.89. The number of hydrogen-bond acceptors (Lipinski definition) is 6. The van der Waals surface area contributed by atoms with E-state index < -0.39 is 0 Å². The SMILES string of the molecule is COc1cc(OC)c2c(C(=O)NCC(C)C)cc(C(=O)NC3CCN(Cc4ccccc4)CC3)nc2c1. The van der Waals surface area contributed by atoms with E-state index in [0.29, 0.717) is 34.5 Å². The lowest BCUT2D eigenvalue weighted by Gasteiger charge is -2.32. The van der Waals surface area contributed by atoms with Gasteiger partial charge in [-0.25, -0.2) is 4.98 Å². The van der Waals surface area contributed by atoms with Gasteiger partial charge in [0.25, 0.3) is 11.8 Å². The Morgan fingerprint density at radius 1 is 1.03 bits per heavy atom. The molecule has 1 aliphatic heterocycles. The summed E-state index contributed by atoms with van der Waals surface area (Å²) >= 11 is 0. The standard InChI is InChI=1S/C29H36N4O4/c1-19(2)17-30-28(34)23-16-25(32-24-14-22(36-3)15-26(37-4)27(23)24)29(35)31-21-10-12-33(13-11-21)18-20-8-6-5-7-9-20/h5-9,14-16,19,21H,10-13,17-18H2,1-4H3,(H,30,34)(H,31,35). The molecule has 0 radical (unpaired) electrons. The second-order valence-corrected chi connectivity index (χ2v) is 9.89. The maximum Gasteiger partial charge on any atom is 0.270 e. The topological polar surface area (TPSA) is 92.8 Å². The van der Waals surface area contributed by atoms with Crippen molar-refractivity contribution in [1.82, 2.24) is 20.5 Å². The zero-order chi connectivity index (χ0) is 26.4. The van der Waals surface area contributed by atoms with Crippen molar-refractivity contribution < 1.29 is 19.1 Å². The Kier molecular flexibility index (Phi) is 8.61. The third-order valence-electron chi connectivity index (χ3n) is 6.62. The van der Waals surface area contributed by atoms with Crippen LogP contribution in [0.3, 0.4) is 0 Å². The first-order valence-corrected chi connectivity index (χ1v) is 12.8. The molecule has 37 heavy (non-hydrogen) atoms. The van der Waals surface area contributed by atoms with Crippen molar-refractivity contribution in [1.29, 1.82) is 0 Å². The Bertz CT molecular complexity index is 1240. The van der Waals surface area contributed by atoms with E-state index in [4.69, 9.17) is 9.47 Å². The summed E-state index contributed by atoms with van der Waals surface area (Å²) in [4.78, 5) is 33.5. The summed E-state index contributed by atoms with van der Waals surface area (Å²) in [7, 11) is 3.09. The van der Waals surface area contributed by atoms with E-state index in [1.807, 2.05) is 19.9 Å². The van der Waals surface area contributed by atoms with Gasteiger partial charge in [-0.15, -0.1) is 0 Å². The monoisotopic (exact) mass is 504 g/mol. The summed E-state index contributed by atoms with van der Waals surface area (Å²) in [5.74, 6) is 0.730. The molecule has 1 aromatic heterocycles. The Morgan fingerprint density at radius 3 is 2.41 bits per heavy atom. The zero-order valence-corrected chi connectivity index (χ0v) is 22.0. The predicted octanol–water partition coefficient (Wildman–Crippen LogP) is 4.03. The highest BCUT2D eigenvalue weighted by atomic mass is 16.5. The molecule has 196 valence electrons. The van der Waals surface area contributed by atoms with Gasteiger partial charge in [-0.05, 0) is 30.4 Å². The van der Waals surface area contributed by atoms with Gasteiger partial charge in [0.15, 0.2) is 0 Å². The van der Waals surface area contributed by atoms with Crippen molar-refractivity contribution in [2.45, 2.75) is 39.3 Å². The summed E-state index contributed by atoms with van der Waals surface area (Å²) in [5, 5.41) is 6.64. The van der Waals surface area contributed by atoms with Crippen LogP contribution in [0.15, 0.2) is 48.5 Å². The van der Waals surface area contributed by atoms with E-state index in [1.54, 1.807) is 25.3 Å². The minimum atomic E-state index is -0.289. The molecule has 4 rings (SSSR count). The Morgan fingerprint density at radius 2 is 1.76 bits per heavy atom. The zero-order valence-electron chi connectivity index (χ0n) is 22.0. The molecule has 0 bridgehead atoms. The number of carbonyl (C=O) groups is 2. The molecule has 2 N–H and O–H groups in total. The molecule has 0 aliphatic carbocycles. The van der Waals surface area contributed by atoms with E-state index in [2.05, 4.69) is 44.8 Å². The van der Waals surface area contributed by atoms with Crippen molar-refractivity contribution in [2.75, 3.05) is 33.9 Å². The van der Waals surface area contributed by atoms with E-state index >= 15 is 0 Å². The molecule has 2 amide bonds. The number of aromatic nitrogens is 1. The highest BCUT2D eigenvalue weighted by Crippen LogP contribution is 2.33. The average Bonchev–Trinajstić information content (AvgIpc) is 2.91. The Hall–Kier alpha value is -3.65. The number of piperidine rings is 1. The molecule has 8 heteroatoms. The fraction of sp³-hybridized carbons (Fsp3) is 0.414. The molecule has 1 fully saturated rings. The van der Waals surface area contributed by atoms with Crippen LogP contribution in [0.4, 0.5) is 0 Å². The molecular weight excluding hydrogens is 468 g/mol. The van der Waals surface area contributed by atoms with Gasteiger partial charge < -0.3 is 20.1 Å². The number of ether oxygens (including phenoxy) is 2. The molecule has 2 aromatic carbocycles. The molecule has 0 unspecified atom stereocenters. The minimum Gasteiger partial charge on any atom is -0.497 e. The van der Waals surface area contributed by atoms with Gasteiger partial charge in [-0.1, -0.05) is 44.2 Å². The highest BCUT2D eigenvalue weighted by Gasteiger charge is 2.24. The van der Waals surface area contributed by atoms with Gasteiger partial charge in [-0.2, -0.15) is 0 Å². The normalized spacial score (nSPS) is 14.5. The molecule has 8 nitrogen and oxygen atoms in total. The number of rotatable bonds is 9. The van der Waals surface area contributed by atoms with Crippen molar-refractivity contribution in [3.8, 4) is 11.5 Å². The van der Waals surface area contributed by atoms with Crippen LogP contribution < -0.4 is 20.1 Å². The van der Waals surface area contributed by atoms with E-state index in [0.717, 1.165) is 32.5 Å². The van der Waals surface area contributed by atoms with Gasteiger partial charge in [0, 0.05) is 44.4 Å². The number of nitrogens with zero attached hydrogens (tertiary/aromatic N) is 2. The first-order valence-electron chi connectivity index (χ1n) is 12.8. The molecule has 0 spiro atoms. The number of nitrogens with one attached hydrogen (secondary N) is 2. The number of methoxy groups -OCH3 is 2. The number of carbonyl (C=O) groups excluding carboxylic acids is 2. The van der Waals surface area contributed by atoms with Crippen LogP contribution in [0.25, 0.3) is 10.9 Å². The van der Waals surface area contributed by atoms with E-state index in [-0.39, 0.29) is 29.5 Å². The van der Waals surface area contributed by atoms with E-state index in [1.165, 1.54) is 12.7 Å². The first-order chi connectivity index (χ1) is 17.9. The molecule has 2 heterocycles. The second kappa shape index (κ2) is 12.1. The molecule has 1 saturated heterocycles. The van der Waals surface area contributed by atoms with Crippen molar-refractivity contribution in [3.63, 3.8) is 0 Å². The lowest BCUT2D eigenvalue weighted by molar-refractivity contribution is 0.0904. The van der Waals surface area contributed by atoms with Crippen molar-refractivity contribution in [3.05, 3.63) is 65.4 Å². The number of likely N-dealkylation sites (tertiary alicyclic amines) is 1. The Balaban J connectivity index is 1.53. The number of benzene rings is 2. The smallest absolute Gasteiger partial charge is 0.270 e. The molecule has 0 saturated carbocycles. The summed E-state index contributed by atoms with van der Waals surface area (Å²) in [5.41, 5.74) is 2.31. The predicted molar refractivity (Wildman–Crippen MR) is 144 cm³/mol. The summed E-state index contributed by atoms with van der Waals surface area (Å²) in [6.07, 6.45) is 1.71. The number of fused-ring (bicyclic) bond motifs is 1. The number of pyridine rings is 1. The summed E-state index contributed by atoms with van der Waals surface area (Å²) < 4.78 is 10.9. The minimum absolute atomic E-state index is 0.0510. The third kappa shape index (κ3) is 6.57. The first kappa shape index (κ1) is 26.4. The average molecular weight is 505 g/mol. The Labute approximate surface area is 218 Å². The fourth-order valence-corrected chi connectivity index (χ4v) is 4.61. The lowest BCUT2D eigenvalue weighted by Crippen LogP contribution is -2.44. The van der Waals surface area contributed by atoms with Gasteiger partial charge in [0.1, 0.15) is 17.2 Å². The quantitative estimate of drug-likeness (QED) is 0.457. The van der Waals surface area contributed by atoms with Gasteiger partial charge in [-0.3, -0.25) is 14.5 Å². The third-order valence-corrected chi connectivity index (χ3v) is 6.62.